The maximum atomic E-state index is 12.3. The minimum atomic E-state index is -0.177. The zero-order valence-corrected chi connectivity index (χ0v) is 14.0. The average molecular weight is 318 g/mol. The molecule has 0 aliphatic rings. The van der Waals surface area contributed by atoms with Crippen LogP contribution in [0, 0.1) is 6.92 Å². The molecule has 0 saturated carbocycles. The van der Waals surface area contributed by atoms with Crippen molar-refractivity contribution in [3.05, 3.63) is 45.4 Å². The molecule has 6 heteroatoms. The van der Waals surface area contributed by atoms with Crippen molar-refractivity contribution in [3.8, 4) is 0 Å². The Kier molecular flexibility index (Phi) is 5.65. The minimum absolute atomic E-state index is 0.177. The van der Waals surface area contributed by atoms with E-state index in [9.17, 15) is 4.79 Å². The first-order valence-electron chi connectivity index (χ1n) is 7.19. The van der Waals surface area contributed by atoms with Gasteiger partial charge in [0.25, 0.3) is 5.91 Å². The van der Waals surface area contributed by atoms with Gasteiger partial charge in [0.15, 0.2) is 0 Å². The summed E-state index contributed by atoms with van der Waals surface area (Å²) in [6.45, 7) is 3.36. The quantitative estimate of drug-likeness (QED) is 0.857. The first-order chi connectivity index (χ1) is 10.5. The van der Waals surface area contributed by atoms with Crippen molar-refractivity contribution in [2.45, 2.75) is 19.9 Å². The molecule has 1 heterocycles. The summed E-state index contributed by atoms with van der Waals surface area (Å²) in [5, 5.41) is 5.63. The van der Waals surface area contributed by atoms with Crippen molar-refractivity contribution in [1.82, 2.24) is 9.88 Å². The van der Waals surface area contributed by atoms with Crippen LogP contribution in [0.5, 0.6) is 0 Å². The maximum absolute atomic E-state index is 12.3. The topological polar surface area (TPSA) is 71.2 Å². The Hall–Kier alpha value is -1.76. The van der Waals surface area contributed by atoms with Crippen LogP contribution in [0.3, 0.4) is 0 Å². The van der Waals surface area contributed by atoms with Crippen LogP contribution in [0.15, 0.2) is 23.6 Å². The molecule has 1 aromatic heterocycles. The highest BCUT2D eigenvalue weighted by Gasteiger charge is 2.13. The van der Waals surface area contributed by atoms with Crippen LogP contribution >= 0.6 is 11.3 Å². The molecular weight excluding hydrogens is 296 g/mol. The molecule has 0 saturated heterocycles. The molecule has 3 N–H and O–H groups in total. The standard InChI is InChI=1S/C16H22N4OS/c1-11-4-5-13(12(8-11)9-20(2)3)19-16(21)14-10-22-15(18-14)6-7-17/h4-5,8,10H,6-7,9,17H2,1-3H3,(H,19,21). The maximum Gasteiger partial charge on any atom is 0.275 e. The number of aryl methyl sites for hydroxylation is 1. The summed E-state index contributed by atoms with van der Waals surface area (Å²) in [5.41, 5.74) is 9.06. The summed E-state index contributed by atoms with van der Waals surface area (Å²) < 4.78 is 0. The van der Waals surface area contributed by atoms with Crippen LogP contribution in [0.1, 0.15) is 26.6 Å². The van der Waals surface area contributed by atoms with Crippen molar-refractivity contribution < 1.29 is 4.79 Å². The second-order valence-corrected chi connectivity index (χ2v) is 6.46. The van der Waals surface area contributed by atoms with Gasteiger partial charge in [0.1, 0.15) is 5.69 Å². The third kappa shape index (κ3) is 4.37. The predicted molar refractivity (Wildman–Crippen MR) is 91.4 cm³/mol. The number of thiazole rings is 1. The van der Waals surface area contributed by atoms with E-state index in [2.05, 4.69) is 21.3 Å². The zero-order chi connectivity index (χ0) is 16.1. The lowest BCUT2D eigenvalue weighted by Crippen LogP contribution is -2.17. The molecule has 0 fully saturated rings. The number of nitrogens with one attached hydrogen (secondary N) is 1. The van der Waals surface area contributed by atoms with Crippen molar-refractivity contribution in [2.24, 2.45) is 5.73 Å². The second-order valence-electron chi connectivity index (χ2n) is 5.52. The number of nitrogens with two attached hydrogens (primary N) is 1. The Morgan fingerprint density at radius 2 is 2.18 bits per heavy atom. The van der Waals surface area contributed by atoms with E-state index < -0.39 is 0 Å². The van der Waals surface area contributed by atoms with Crippen LogP contribution in [-0.2, 0) is 13.0 Å². The van der Waals surface area contributed by atoms with Crippen LogP contribution < -0.4 is 11.1 Å². The van der Waals surface area contributed by atoms with E-state index in [0.717, 1.165) is 22.8 Å². The summed E-state index contributed by atoms with van der Waals surface area (Å²) in [7, 11) is 4.01. The number of hydrogen-bond donors (Lipinski definition) is 2. The molecule has 1 aromatic carbocycles. The zero-order valence-electron chi connectivity index (χ0n) is 13.2. The fourth-order valence-electron chi connectivity index (χ4n) is 2.16. The third-order valence-electron chi connectivity index (χ3n) is 3.14. The molecule has 0 aliphatic carbocycles. The number of anilines is 1. The smallest absolute Gasteiger partial charge is 0.275 e. The highest BCUT2D eigenvalue weighted by molar-refractivity contribution is 7.09. The molecule has 0 aliphatic heterocycles. The monoisotopic (exact) mass is 318 g/mol. The first-order valence-corrected chi connectivity index (χ1v) is 8.07. The molecule has 0 atom stereocenters. The molecule has 5 nitrogen and oxygen atoms in total. The van der Waals surface area contributed by atoms with Gasteiger partial charge in [-0.2, -0.15) is 0 Å². The summed E-state index contributed by atoms with van der Waals surface area (Å²) >= 11 is 1.47. The van der Waals surface area contributed by atoms with E-state index in [0.29, 0.717) is 18.7 Å². The van der Waals surface area contributed by atoms with Gasteiger partial charge in [-0.05, 0) is 39.2 Å². The molecule has 2 aromatic rings. The van der Waals surface area contributed by atoms with Gasteiger partial charge in [-0.3, -0.25) is 4.79 Å². The molecule has 2 rings (SSSR count). The summed E-state index contributed by atoms with van der Waals surface area (Å²) in [5.74, 6) is -0.177. The lowest BCUT2D eigenvalue weighted by atomic mass is 10.1. The summed E-state index contributed by atoms with van der Waals surface area (Å²) in [4.78, 5) is 18.7. The van der Waals surface area contributed by atoms with E-state index in [1.165, 1.54) is 16.9 Å². The van der Waals surface area contributed by atoms with Gasteiger partial charge in [-0.1, -0.05) is 17.7 Å². The molecule has 0 spiro atoms. The SMILES string of the molecule is Cc1ccc(NC(=O)c2csc(CCN)n2)c(CN(C)C)c1. The van der Waals surface area contributed by atoms with Gasteiger partial charge in [0, 0.05) is 24.0 Å². The fraction of sp³-hybridized carbons (Fsp3) is 0.375. The van der Waals surface area contributed by atoms with Gasteiger partial charge in [-0.25, -0.2) is 4.98 Å². The van der Waals surface area contributed by atoms with Gasteiger partial charge >= 0.3 is 0 Å². The Balaban J connectivity index is 2.16. The highest BCUT2D eigenvalue weighted by Crippen LogP contribution is 2.20. The van der Waals surface area contributed by atoms with E-state index in [1.807, 2.05) is 33.2 Å². The number of hydrogen-bond acceptors (Lipinski definition) is 5. The van der Waals surface area contributed by atoms with Crippen molar-refractivity contribution >= 4 is 22.9 Å². The van der Waals surface area contributed by atoms with E-state index in [4.69, 9.17) is 5.73 Å². The van der Waals surface area contributed by atoms with Crippen LogP contribution in [0.2, 0.25) is 0 Å². The van der Waals surface area contributed by atoms with E-state index in [-0.39, 0.29) is 5.91 Å². The van der Waals surface area contributed by atoms with Gasteiger partial charge in [0.2, 0.25) is 0 Å². The molecule has 1 amide bonds. The van der Waals surface area contributed by atoms with Crippen molar-refractivity contribution in [2.75, 3.05) is 26.0 Å². The minimum Gasteiger partial charge on any atom is -0.330 e. The molecule has 0 bridgehead atoms. The highest BCUT2D eigenvalue weighted by atomic mass is 32.1. The fourth-order valence-corrected chi connectivity index (χ4v) is 2.95. The van der Waals surface area contributed by atoms with Gasteiger partial charge < -0.3 is 16.0 Å². The molecule has 0 radical (unpaired) electrons. The Bertz CT molecular complexity index is 651. The molecule has 118 valence electrons. The van der Waals surface area contributed by atoms with Crippen molar-refractivity contribution in [1.29, 1.82) is 0 Å². The van der Waals surface area contributed by atoms with Gasteiger partial charge in [-0.15, -0.1) is 11.3 Å². The summed E-state index contributed by atoms with van der Waals surface area (Å²) in [6.07, 6.45) is 0.703. The van der Waals surface area contributed by atoms with Crippen molar-refractivity contribution in [3.63, 3.8) is 0 Å². The summed E-state index contributed by atoms with van der Waals surface area (Å²) in [6, 6.07) is 6.03. The molecular formula is C16H22N4OS. The Morgan fingerprint density at radius 3 is 2.86 bits per heavy atom. The molecule has 0 unspecified atom stereocenters. The Morgan fingerprint density at radius 1 is 1.41 bits per heavy atom. The predicted octanol–water partition coefficient (Wildman–Crippen LogP) is 2.27. The van der Waals surface area contributed by atoms with E-state index >= 15 is 0 Å². The van der Waals surface area contributed by atoms with Crippen LogP contribution in [-0.4, -0.2) is 36.4 Å². The average Bonchev–Trinajstić information content (AvgIpc) is 2.90. The largest absolute Gasteiger partial charge is 0.330 e. The lowest BCUT2D eigenvalue weighted by Gasteiger charge is -2.15. The number of amides is 1. The number of carbonyl (C=O) groups excluding carboxylic acids is 1. The normalized spacial score (nSPS) is 11.0. The second kappa shape index (κ2) is 7.49. The van der Waals surface area contributed by atoms with Crippen LogP contribution in [0.25, 0.3) is 0 Å². The number of carbonyl (C=O) groups is 1. The Labute approximate surface area is 135 Å². The van der Waals surface area contributed by atoms with Gasteiger partial charge in [0.05, 0.1) is 5.01 Å². The number of benzene rings is 1. The number of aromatic nitrogens is 1. The third-order valence-corrected chi connectivity index (χ3v) is 4.05. The number of nitrogens with zero attached hydrogens (tertiary/aromatic N) is 2. The first kappa shape index (κ1) is 16.6. The molecule has 22 heavy (non-hydrogen) atoms. The van der Waals surface area contributed by atoms with Crippen LogP contribution in [0.4, 0.5) is 5.69 Å². The number of rotatable bonds is 6. The lowest BCUT2D eigenvalue weighted by molar-refractivity contribution is 0.102. The van der Waals surface area contributed by atoms with E-state index in [1.54, 1.807) is 5.38 Å².